The third-order valence-corrected chi connectivity index (χ3v) is 4.92. The summed E-state index contributed by atoms with van der Waals surface area (Å²) in [6.07, 6.45) is 0.0171. The molecule has 1 atom stereocenters. The zero-order valence-corrected chi connectivity index (χ0v) is 13.8. The van der Waals surface area contributed by atoms with Crippen molar-refractivity contribution in [1.29, 1.82) is 0 Å². The molecule has 0 spiro atoms. The summed E-state index contributed by atoms with van der Waals surface area (Å²) in [4.78, 5) is 17.9. The minimum Gasteiger partial charge on any atom is -0.296 e. The van der Waals surface area contributed by atoms with Crippen molar-refractivity contribution >= 4 is 48.8 Å². The van der Waals surface area contributed by atoms with Crippen LogP contribution in [-0.2, 0) is 15.0 Å². The molecule has 1 amide bonds. The standard InChI is InChI=1S/C14H12BrFN2O3S/c15-11-2-3-12-10(6-11)1-4-13(17-12)18-7-9(5-14(18)19)8-22(16,20)21/h1-4,6,9H,5,7-8H2. The Morgan fingerprint density at radius 3 is 2.82 bits per heavy atom. The number of rotatable bonds is 3. The second-order valence-corrected chi connectivity index (χ2v) is 7.61. The van der Waals surface area contributed by atoms with Gasteiger partial charge in [-0.25, -0.2) is 4.98 Å². The number of amides is 1. The minimum atomic E-state index is -4.58. The predicted molar refractivity (Wildman–Crippen MR) is 84.8 cm³/mol. The zero-order valence-electron chi connectivity index (χ0n) is 11.4. The molecule has 0 aliphatic carbocycles. The quantitative estimate of drug-likeness (QED) is 0.760. The number of carbonyl (C=O) groups excluding carboxylic acids is 1. The van der Waals surface area contributed by atoms with E-state index in [4.69, 9.17) is 0 Å². The molecule has 1 aliphatic rings. The van der Waals surface area contributed by atoms with Crippen LogP contribution in [0.1, 0.15) is 6.42 Å². The Balaban J connectivity index is 1.88. The monoisotopic (exact) mass is 386 g/mol. The summed E-state index contributed by atoms with van der Waals surface area (Å²) in [5, 5.41) is 0.924. The molecule has 0 saturated carbocycles. The summed E-state index contributed by atoms with van der Waals surface area (Å²) >= 11 is 3.38. The Labute approximate surface area is 135 Å². The number of fused-ring (bicyclic) bond motifs is 1. The van der Waals surface area contributed by atoms with Crippen molar-refractivity contribution in [3.63, 3.8) is 0 Å². The summed E-state index contributed by atoms with van der Waals surface area (Å²) in [6.45, 7) is 0.164. The molecule has 2 heterocycles. The van der Waals surface area contributed by atoms with Crippen LogP contribution in [0.2, 0.25) is 0 Å². The maximum Gasteiger partial charge on any atom is 0.302 e. The average molecular weight is 387 g/mol. The molecule has 8 heteroatoms. The van der Waals surface area contributed by atoms with Gasteiger partial charge in [-0.2, -0.15) is 8.42 Å². The molecule has 1 aromatic heterocycles. The van der Waals surface area contributed by atoms with Gasteiger partial charge in [0.25, 0.3) is 0 Å². The van der Waals surface area contributed by atoms with E-state index in [1.807, 2.05) is 24.3 Å². The van der Waals surface area contributed by atoms with Gasteiger partial charge in [-0.05, 0) is 30.3 Å². The van der Waals surface area contributed by atoms with E-state index >= 15 is 0 Å². The average Bonchev–Trinajstić information content (AvgIpc) is 2.76. The van der Waals surface area contributed by atoms with Crippen LogP contribution in [0.4, 0.5) is 9.70 Å². The summed E-state index contributed by atoms with van der Waals surface area (Å²) in [5.74, 6) is -0.948. The molecule has 1 aromatic carbocycles. The van der Waals surface area contributed by atoms with E-state index in [1.165, 1.54) is 4.90 Å². The fraction of sp³-hybridized carbons (Fsp3) is 0.286. The highest BCUT2D eigenvalue weighted by molar-refractivity contribution is 9.10. The Morgan fingerprint density at radius 1 is 1.32 bits per heavy atom. The Hall–Kier alpha value is -1.54. The van der Waals surface area contributed by atoms with E-state index in [9.17, 15) is 17.1 Å². The molecular weight excluding hydrogens is 375 g/mol. The van der Waals surface area contributed by atoms with Crippen LogP contribution < -0.4 is 4.90 Å². The largest absolute Gasteiger partial charge is 0.302 e. The van der Waals surface area contributed by atoms with Crippen molar-refractivity contribution in [2.24, 2.45) is 5.92 Å². The lowest BCUT2D eigenvalue weighted by Crippen LogP contribution is -2.26. The topological polar surface area (TPSA) is 67.3 Å². The highest BCUT2D eigenvalue weighted by atomic mass is 79.9. The number of nitrogens with zero attached hydrogens (tertiary/aromatic N) is 2. The van der Waals surface area contributed by atoms with E-state index in [0.29, 0.717) is 5.82 Å². The first-order valence-electron chi connectivity index (χ1n) is 6.61. The molecule has 0 radical (unpaired) electrons. The third-order valence-electron chi connectivity index (χ3n) is 3.55. The number of carbonyl (C=O) groups is 1. The van der Waals surface area contributed by atoms with Gasteiger partial charge in [0.1, 0.15) is 5.82 Å². The number of anilines is 1. The third kappa shape index (κ3) is 3.27. The smallest absolute Gasteiger partial charge is 0.296 e. The van der Waals surface area contributed by atoms with Crippen molar-refractivity contribution in [2.75, 3.05) is 17.2 Å². The molecule has 1 aliphatic heterocycles. The van der Waals surface area contributed by atoms with Crippen LogP contribution >= 0.6 is 15.9 Å². The molecular formula is C14H12BrFN2O3S. The van der Waals surface area contributed by atoms with E-state index < -0.39 is 21.9 Å². The molecule has 5 nitrogen and oxygen atoms in total. The lowest BCUT2D eigenvalue weighted by atomic mass is 10.1. The normalized spacial score (nSPS) is 19.1. The van der Waals surface area contributed by atoms with Crippen molar-refractivity contribution in [3.05, 3.63) is 34.8 Å². The Bertz CT molecular complexity index is 856. The summed E-state index contributed by atoms with van der Waals surface area (Å²) in [7, 11) is -4.58. The summed E-state index contributed by atoms with van der Waals surface area (Å²) in [5.41, 5.74) is 0.732. The number of aromatic nitrogens is 1. The molecule has 116 valence electrons. The maximum atomic E-state index is 12.8. The van der Waals surface area contributed by atoms with Crippen molar-refractivity contribution in [3.8, 4) is 0 Å². The first kappa shape index (κ1) is 15.4. The van der Waals surface area contributed by atoms with Crippen molar-refractivity contribution in [2.45, 2.75) is 6.42 Å². The first-order valence-corrected chi connectivity index (χ1v) is 8.95. The molecule has 0 bridgehead atoms. The molecule has 0 N–H and O–H groups in total. The van der Waals surface area contributed by atoms with Gasteiger partial charge in [-0.15, -0.1) is 3.89 Å². The number of hydrogen-bond acceptors (Lipinski definition) is 4. The number of benzene rings is 1. The molecule has 1 fully saturated rings. The number of hydrogen-bond donors (Lipinski definition) is 0. The molecule has 2 aromatic rings. The second kappa shape index (κ2) is 5.58. The first-order chi connectivity index (χ1) is 10.3. The van der Waals surface area contributed by atoms with Crippen LogP contribution in [0.3, 0.4) is 0 Å². The van der Waals surface area contributed by atoms with Crippen LogP contribution in [0.15, 0.2) is 34.8 Å². The highest BCUT2D eigenvalue weighted by Crippen LogP contribution is 2.27. The van der Waals surface area contributed by atoms with E-state index in [2.05, 4.69) is 20.9 Å². The lowest BCUT2D eigenvalue weighted by Gasteiger charge is -2.16. The highest BCUT2D eigenvalue weighted by Gasteiger charge is 2.34. The Kier molecular flexibility index (Phi) is 3.90. The fourth-order valence-electron chi connectivity index (χ4n) is 2.63. The SMILES string of the molecule is O=C1CC(CS(=O)(=O)F)CN1c1ccc2cc(Br)ccc2n1. The van der Waals surface area contributed by atoms with Crippen LogP contribution in [0.25, 0.3) is 10.9 Å². The van der Waals surface area contributed by atoms with E-state index in [1.54, 1.807) is 6.07 Å². The van der Waals surface area contributed by atoms with Gasteiger partial charge in [0, 0.05) is 28.7 Å². The molecule has 1 saturated heterocycles. The van der Waals surface area contributed by atoms with E-state index in [-0.39, 0.29) is 18.9 Å². The summed E-state index contributed by atoms with van der Waals surface area (Å²) < 4.78 is 35.2. The Morgan fingerprint density at radius 2 is 2.09 bits per heavy atom. The zero-order chi connectivity index (χ0) is 15.9. The van der Waals surface area contributed by atoms with Gasteiger partial charge in [0.2, 0.25) is 5.91 Å². The van der Waals surface area contributed by atoms with Gasteiger partial charge < -0.3 is 0 Å². The lowest BCUT2D eigenvalue weighted by molar-refractivity contribution is -0.117. The molecule has 3 rings (SSSR count). The van der Waals surface area contributed by atoms with E-state index in [0.717, 1.165) is 15.4 Å². The van der Waals surface area contributed by atoms with Gasteiger partial charge in [-0.1, -0.05) is 15.9 Å². The predicted octanol–water partition coefficient (Wildman–Crippen LogP) is 2.65. The van der Waals surface area contributed by atoms with Gasteiger partial charge in [0.05, 0.1) is 11.3 Å². The van der Waals surface area contributed by atoms with Crippen molar-refractivity contribution in [1.82, 2.24) is 4.98 Å². The van der Waals surface area contributed by atoms with Gasteiger partial charge in [0.15, 0.2) is 0 Å². The van der Waals surface area contributed by atoms with Crippen molar-refractivity contribution < 1.29 is 17.1 Å². The fourth-order valence-corrected chi connectivity index (χ4v) is 3.80. The van der Waals surface area contributed by atoms with Gasteiger partial charge in [-0.3, -0.25) is 9.69 Å². The van der Waals surface area contributed by atoms with Crippen LogP contribution in [-0.4, -0.2) is 31.6 Å². The minimum absolute atomic E-state index is 0.0171. The van der Waals surface area contributed by atoms with Crippen LogP contribution in [0, 0.1) is 5.92 Å². The molecule has 22 heavy (non-hydrogen) atoms. The summed E-state index contributed by atoms with van der Waals surface area (Å²) in [6, 6.07) is 9.14. The van der Waals surface area contributed by atoms with Gasteiger partial charge >= 0.3 is 10.2 Å². The maximum absolute atomic E-state index is 12.8. The number of halogens is 2. The van der Waals surface area contributed by atoms with Crippen LogP contribution in [0.5, 0.6) is 0 Å². The molecule has 1 unspecified atom stereocenters. The second-order valence-electron chi connectivity index (χ2n) is 5.29. The number of pyridine rings is 1.